The molecule has 1 fully saturated rings. The van der Waals surface area contributed by atoms with Crippen molar-refractivity contribution in [3.8, 4) is 11.4 Å². The van der Waals surface area contributed by atoms with Gasteiger partial charge < -0.3 is 14.6 Å². The van der Waals surface area contributed by atoms with Crippen LogP contribution in [0.4, 0.5) is 0 Å². The van der Waals surface area contributed by atoms with E-state index in [-0.39, 0.29) is 41.9 Å². The van der Waals surface area contributed by atoms with Gasteiger partial charge >= 0.3 is 5.97 Å². The van der Waals surface area contributed by atoms with Gasteiger partial charge in [0.2, 0.25) is 5.91 Å². The van der Waals surface area contributed by atoms with E-state index < -0.39 is 0 Å². The fraction of sp³-hybridized carbons (Fsp3) is 0.476. The van der Waals surface area contributed by atoms with Crippen molar-refractivity contribution in [1.82, 2.24) is 20.1 Å². The predicted octanol–water partition coefficient (Wildman–Crippen LogP) is 1.87. The lowest BCUT2D eigenvalue weighted by molar-refractivity contribution is -0.151. The molecule has 1 amide bonds. The first-order valence-corrected chi connectivity index (χ1v) is 9.95. The SMILES string of the molecule is CCOC(=O)C1CCN(C(=O)CCc2nnc(-c3ccc(C)cc3)[nH]c2=O)CC1. The van der Waals surface area contributed by atoms with E-state index in [0.717, 1.165) is 11.1 Å². The zero-order valence-corrected chi connectivity index (χ0v) is 16.8. The second-order valence-electron chi connectivity index (χ2n) is 7.22. The smallest absolute Gasteiger partial charge is 0.309 e. The Balaban J connectivity index is 1.53. The maximum Gasteiger partial charge on any atom is 0.309 e. The number of aromatic amines is 1. The number of ether oxygens (including phenoxy) is 1. The van der Waals surface area contributed by atoms with Gasteiger partial charge in [-0.1, -0.05) is 29.8 Å². The van der Waals surface area contributed by atoms with Crippen molar-refractivity contribution in [2.75, 3.05) is 19.7 Å². The Hall–Kier alpha value is -3.03. The lowest BCUT2D eigenvalue weighted by Crippen LogP contribution is -2.40. The Morgan fingerprint density at radius 1 is 1.17 bits per heavy atom. The van der Waals surface area contributed by atoms with E-state index in [1.165, 1.54) is 0 Å². The normalized spacial score (nSPS) is 14.6. The number of hydrogen-bond acceptors (Lipinski definition) is 6. The Bertz CT molecular complexity index is 915. The third kappa shape index (κ3) is 5.28. The first-order chi connectivity index (χ1) is 14.0. The van der Waals surface area contributed by atoms with Crippen LogP contribution < -0.4 is 5.56 Å². The molecule has 1 aliphatic heterocycles. The van der Waals surface area contributed by atoms with Crippen LogP contribution >= 0.6 is 0 Å². The summed E-state index contributed by atoms with van der Waals surface area (Å²) in [4.78, 5) is 41.0. The van der Waals surface area contributed by atoms with Crippen LogP contribution in [0, 0.1) is 12.8 Å². The van der Waals surface area contributed by atoms with Crippen molar-refractivity contribution in [2.24, 2.45) is 5.92 Å². The van der Waals surface area contributed by atoms with Crippen LogP contribution in [0.2, 0.25) is 0 Å². The summed E-state index contributed by atoms with van der Waals surface area (Å²) in [6.45, 7) is 5.19. The monoisotopic (exact) mass is 398 g/mol. The third-order valence-corrected chi connectivity index (χ3v) is 5.13. The molecule has 0 spiro atoms. The molecule has 0 saturated carbocycles. The summed E-state index contributed by atoms with van der Waals surface area (Å²) in [6.07, 6.45) is 1.63. The fourth-order valence-electron chi connectivity index (χ4n) is 3.37. The highest BCUT2D eigenvalue weighted by atomic mass is 16.5. The van der Waals surface area contributed by atoms with Gasteiger partial charge in [-0.2, -0.15) is 0 Å². The van der Waals surface area contributed by atoms with Gasteiger partial charge in [-0.25, -0.2) is 0 Å². The third-order valence-electron chi connectivity index (χ3n) is 5.13. The molecule has 1 saturated heterocycles. The average molecular weight is 398 g/mol. The molecule has 1 aromatic carbocycles. The van der Waals surface area contributed by atoms with Crippen LogP contribution in [0.25, 0.3) is 11.4 Å². The van der Waals surface area contributed by atoms with Crippen LogP contribution in [0.15, 0.2) is 29.1 Å². The molecule has 3 rings (SSSR count). The van der Waals surface area contributed by atoms with Crippen molar-refractivity contribution < 1.29 is 14.3 Å². The maximum atomic E-state index is 12.5. The Morgan fingerprint density at radius 3 is 2.48 bits per heavy atom. The van der Waals surface area contributed by atoms with E-state index in [0.29, 0.717) is 38.4 Å². The van der Waals surface area contributed by atoms with Crippen LogP contribution in [0.5, 0.6) is 0 Å². The number of esters is 1. The number of amides is 1. The molecule has 0 radical (unpaired) electrons. The van der Waals surface area contributed by atoms with Crippen LogP contribution in [0.3, 0.4) is 0 Å². The number of rotatable bonds is 6. The largest absolute Gasteiger partial charge is 0.466 e. The van der Waals surface area contributed by atoms with Crippen LogP contribution in [-0.2, 0) is 20.7 Å². The fourth-order valence-corrected chi connectivity index (χ4v) is 3.37. The molecule has 1 N–H and O–H groups in total. The molecule has 1 aromatic heterocycles. The standard InChI is InChI=1S/C21H26N4O4/c1-3-29-21(28)16-10-12-25(13-11-16)18(26)9-8-17-20(27)22-19(24-23-17)15-6-4-14(2)5-7-15/h4-7,16H,3,8-13H2,1-2H3,(H,22,24,27). The Labute approximate surface area is 169 Å². The van der Waals surface area contributed by atoms with E-state index in [2.05, 4.69) is 15.2 Å². The van der Waals surface area contributed by atoms with E-state index in [1.807, 2.05) is 31.2 Å². The van der Waals surface area contributed by atoms with E-state index in [9.17, 15) is 14.4 Å². The lowest BCUT2D eigenvalue weighted by Gasteiger charge is -2.30. The van der Waals surface area contributed by atoms with E-state index in [4.69, 9.17) is 4.74 Å². The zero-order chi connectivity index (χ0) is 20.8. The second kappa shape index (κ2) is 9.45. The molecule has 0 unspecified atom stereocenters. The number of hydrogen-bond donors (Lipinski definition) is 1. The molecule has 154 valence electrons. The number of carbonyl (C=O) groups excluding carboxylic acids is 2. The maximum absolute atomic E-state index is 12.5. The van der Waals surface area contributed by atoms with Crippen LogP contribution in [0.1, 0.15) is 37.4 Å². The summed E-state index contributed by atoms with van der Waals surface area (Å²) in [7, 11) is 0. The van der Waals surface area contributed by atoms with Gasteiger partial charge in [0.05, 0.1) is 12.5 Å². The van der Waals surface area contributed by atoms with Crippen molar-refractivity contribution in [2.45, 2.75) is 39.5 Å². The minimum Gasteiger partial charge on any atom is -0.466 e. The van der Waals surface area contributed by atoms with Gasteiger partial charge in [-0.05, 0) is 26.7 Å². The minimum absolute atomic E-state index is 0.0453. The molecule has 1 aliphatic rings. The number of likely N-dealkylation sites (tertiary alicyclic amines) is 1. The minimum atomic E-state index is -0.329. The average Bonchev–Trinajstić information content (AvgIpc) is 2.73. The molecule has 0 atom stereocenters. The number of piperidine rings is 1. The molecule has 29 heavy (non-hydrogen) atoms. The molecule has 0 aliphatic carbocycles. The molecule has 2 heterocycles. The first-order valence-electron chi connectivity index (χ1n) is 9.95. The zero-order valence-electron chi connectivity index (χ0n) is 16.8. The topological polar surface area (TPSA) is 105 Å². The molecule has 8 nitrogen and oxygen atoms in total. The number of aryl methyl sites for hydroxylation is 2. The van der Waals surface area contributed by atoms with Gasteiger partial charge in [-0.15, -0.1) is 10.2 Å². The number of aromatic nitrogens is 3. The molecule has 2 aromatic rings. The predicted molar refractivity (Wildman–Crippen MR) is 107 cm³/mol. The molecule has 8 heteroatoms. The van der Waals surface area contributed by atoms with Gasteiger partial charge in [0.1, 0.15) is 5.69 Å². The number of nitrogens with one attached hydrogen (secondary N) is 1. The number of benzene rings is 1. The molecular weight excluding hydrogens is 372 g/mol. The molecular formula is C21H26N4O4. The van der Waals surface area contributed by atoms with Crippen molar-refractivity contribution in [1.29, 1.82) is 0 Å². The lowest BCUT2D eigenvalue weighted by atomic mass is 9.96. The van der Waals surface area contributed by atoms with E-state index >= 15 is 0 Å². The number of nitrogens with zero attached hydrogens (tertiary/aromatic N) is 3. The summed E-state index contributed by atoms with van der Waals surface area (Å²) < 4.78 is 5.05. The van der Waals surface area contributed by atoms with Crippen molar-refractivity contribution in [3.63, 3.8) is 0 Å². The van der Waals surface area contributed by atoms with Crippen LogP contribution in [-0.4, -0.2) is 51.7 Å². The highest BCUT2D eigenvalue weighted by Crippen LogP contribution is 2.19. The van der Waals surface area contributed by atoms with Gasteiger partial charge in [-0.3, -0.25) is 14.4 Å². The van der Waals surface area contributed by atoms with Crippen molar-refractivity contribution >= 4 is 11.9 Å². The number of H-pyrrole nitrogens is 1. The quantitative estimate of drug-likeness (QED) is 0.745. The summed E-state index contributed by atoms with van der Waals surface area (Å²) >= 11 is 0. The summed E-state index contributed by atoms with van der Waals surface area (Å²) in [5.74, 6) is 0.0411. The Morgan fingerprint density at radius 2 is 1.86 bits per heavy atom. The first kappa shape index (κ1) is 20.7. The number of carbonyl (C=O) groups is 2. The van der Waals surface area contributed by atoms with Gasteiger partial charge in [0.25, 0.3) is 5.56 Å². The van der Waals surface area contributed by atoms with Crippen molar-refractivity contribution in [3.05, 3.63) is 45.9 Å². The van der Waals surface area contributed by atoms with Gasteiger partial charge in [0, 0.05) is 31.5 Å². The summed E-state index contributed by atoms with van der Waals surface area (Å²) in [6, 6.07) is 7.62. The van der Waals surface area contributed by atoms with Gasteiger partial charge in [0.15, 0.2) is 5.82 Å². The Kier molecular flexibility index (Phi) is 6.74. The molecule has 0 bridgehead atoms. The second-order valence-corrected chi connectivity index (χ2v) is 7.22. The summed E-state index contributed by atoms with van der Waals surface area (Å²) in [5, 5.41) is 8.12. The highest BCUT2D eigenvalue weighted by molar-refractivity contribution is 5.77. The van der Waals surface area contributed by atoms with E-state index in [1.54, 1.807) is 11.8 Å². The highest BCUT2D eigenvalue weighted by Gasteiger charge is 2.28. The summed E-state index contributed by atoms with van der Waals surface area (Å²) in [5.41, 5.74) is 1.82.